The van der Waals surface area contributed by atoms with Crippen molar-refractivity contribution in [3.63, 3.8) is 0 Å². The molecule has 3 aromatic heterocycles. The number of hydrogen-bond acceptors (Lipinski definition) is 7. The first-order chi connectivity index (χ1) is 15.8. The molecule has 0 aliphatic rings. The normalized spacial score (nSPS) is 10.8. The molecular formula is C24H20ClN3O4S. The van der Waals surface area contributed by atoms with E-state index in [-0.39, 0.29) is 16.5 Å². The van der Waals surface area contributed by atoms with E-state index in [0.717, 1.165) is 16.8 Å². The zero-order valence-corrected chi connectivity index (χ0v) is 20.0. The Kier molecular flexibility index (Phi) is 6.31. The van der Waals surface area contributed by atoms with Gasteiger partial charge in [0.15, 0.2) is 5.75 Å². The molecule has 0 amide bonds. The van der Waals surface area contributed by atoms with Crippen LogP contribution in [0.2, 0.25) is 5.02 Å². The summed E-state index contributed by atoms with van der Waals surface area (Å²) in [7, 11) is 1.41. The minimum atomic E-state index is -0.561. The number of hydrogen-bond donors (Lipinski definition) is 0. The minimum Gasteiger partial charge on any atom is -0.460 e. The quantitative estimate of drug-likeness (QED) is 0.359. The second-order valence-corrected chi connectivity index (χ2v) is 8.17. The van der Waals surface area contributed by atoms with Crippen molar-refractivity contribution >= 4 is 29.1 Å². The van der Waals surface area contributed by atoms with Crippen molar-refractivity contribution in [3.05, 3.63) is 81.2 Å². The van der Waals surface area contributed by atoms with E-state index < -0.39 is 5.63 Å². The summed E-state index contributed by atoms with van der Waals surface area (Å²) in [5.41, 5.74) is 4.08. The van der Waals surface area contributed by atoms with Crippen LogP contribution in [0.25, 0.3) is 28.1 Å². The Morgan fingerprint density at radius 2 is 1.88 bits per heavy atom. The van der Waals surface area contributed by atoms with E-state index in [9.17, 15) is 4.79 Å². The molecule has 0 saturated heterocycles. The zero-order valence-electron chi connectivity index (χ0n) is 18.4. The first-order valence-corrected chi connectivity index (χ1v) is 10.7. The highest BCUT2D eigenvalue weighted by Crippen LogP contribution is 2.39. The molecule has 4 rings (SSSR count). The molecule has 9 heteroatoms. The summed E-state index contributed by atoms with van der Waals surface area (Å²) in [6.45, 7) is 5.60. The molecule has 0 aliphatic carbocycles. The van der Waals surface area contributed by atoms with E-state index in [1.807, 2.05) is 26.0 Å². The van der Waals surface area contributed by atoms with Crippen molar-refractivity contribution in [1.82, 2.24) is 14.8 Å². The van der Waals surface area contributed by atoms with Gasteiger partial charge in [0.05, 0.1) is 24.0 Å². The van der Waals surface area contributed by atoms with Crippen LogP contribution in [0.3, 0.4) is 0 Å². The van der Waals surface area contributed by atoms with E-state index in [1.165, 1.54) is 7.11 Å². The molecule has 0 N–H and O–H groups in total. The zero-order chi connectivity index (χ0) is 23.7. The van der Waals surface area contributed by atoms with E-state index in [4.69, 9.17) is 37.7 Å². The third-order valence-electron chi connectivity index (χ3n) is 5.17. The SMILES string of the molecule is COC(=S)Oc1c(C)c(-c2cccnc2)oc(=O)c1-c1c(C)cc(-n2cc(Cl)cn2)cc1C. The monoisotopic (exact) mass is 481 g/mol. The van der Waals surface area contributed by atoms with Crippen LogP contribution in [0, 0.1) is 20.8 Å². The highest BCUT2D eigenvalue weighted by Gasteiger charge is 2.25. The lowest BCUT2D eigenvalue weighted by atomic mass is 9.93. The molecule has 0 saturated carbocycles. The summed E-state index contributed by atoms with van der Waals surface area (Å²) in [4.78, 5) is 17.4. The average Bonchev–Trinajstić information content (AvgIpc) is 3.24. The highest BCUT2D eigenvalue weighted by molar-refractivity contribution is 7.79. The molecule has 0 spiro atoms. The molecule has 168 valence electrons. The Hall–Kier alpha value is -3.49. The Labute approximate surface area is 200 Å². The van der Waals surface area contributed by atoms with Crippen molar-refractivity contribution < 1.29 is 13.9 Å². The third kappa shape index (κ3) is 4.40. The first kappa shape index (κ1) is 22.7. The molecule has 0 aliphatic heterocycles. The summed E-state index contributed by atoms with van der Waals surface area (Å²) in [5.74, 6) is 0.627. The Morgan fingerprint density at radius 1 is 1.15 bits per heavy atom. The van der Waals surface area contributed by atoms with Crippen LogP contribution < -0.4 is 10.4 Å². The number of nitrogens with zero attached hydrogens (tertiary/aromatic N) is 3. The maximum atomic E-state index is 13.3. The summed E-state index contributed by atoms with van der Waals surface area (Å²) in [6, 6.07) is 7.39. The van der Waals surface area contributed by atoms with Gasteiger partial charge in [-0.3, -0.25) is 4.98 Å². The van der Waals surface area contributed by atoms with Gasteiger partial charge in [0.2, 0.25) is 0 Å². The van der Waals surface area contributed by atoms with E-state index in [2.05, 4.69) is 10.1 Å². The average molecular weight is 482 g/mol. The van der Waals surface area contributed by atoms with Gasteiger partial charge >= 0.3 is 10.9 Å². The van der Waals surface area contributed by atoms with Gasteiger partial charge in [-0.15, -0.1) is 0 Å². The topological polar surface area (TPSA) is 79.4 Å². The molecular weight excluding hydrogens is 462 g/mol. The van der Waals surface area contributed by atoms with Gasteiger partial charge in [0.25, 0.3) is 0 Å². The molecule has 0 fully saturated rings. The molecule has 0 radical (unpaired) electrons. The van der Waals surface area contributed by atoms with Crippen LogP contribution in [0.1, 0.15) is 16.7 Å². The number of benzene rings is 1. The summed E-state index contributed by atoms with van der Waals surface area (Å²) in [5, 5.41) is 4.67. The van der Waals surface area contributed by atoms with Crippen molar-refractivity contribution in [1.29, 1.82) is 0 Å². The van der Waals surface area contributed by atoms with Crippen LogP contribution in [-0.4, -0.2) is 27.1 Å². The number of rotatable bonds is 4. The van der Waals surface area contributed by atoms with Gasteiger partial charge < -0.3 is 13.9 Å². The molecule has 33 heavy (non-hydrogen) atoms. The largest absolute Gasteiger partial charge is 0.460 e. The maximum absolute atomic E-state index is 13.3. The lowest BCUT2D eigenvalue weighted by molar-refractivity contribution is 0.313. The first-order valence-electron chi connectivity index (χ1n) is 9.96. The molecule has 4 aromatic rings. The van der Waals surface area contributed by atoms with Crippen molar-refractivity contribution in [2.75, 3.05) is 7.11 Å². The van der Waals surface area contributed by atoms with Crippen molar-refractivity contribution in [2.24, 2.45) is 0 Å². The number of thiocarbonyl (C=S) groups is 1. The summed E-state index contributed by atoms with van der Waals surface area (Å²) < 4.78 is 18.3. The van der Waals surface area contributed by atoms with Gasteiger partial charge in [-0.05, 0) is 61.7 Å². The number of methoxy groups -OCH3 is 1. The molecule has 3 heterocycles. The lowest BCUT2D eigenvalue weighted by Gasteiger charge is -2.18. The van der Waals surface area contributed by atoms with Crippen LogP contribution in [-0.2, 0) is 4.74 Å². The molecule has 1 aromatic carbocycles. The van der Waals surface area contributed by atoms with E-state index >= 15 is 0 Å². The van der Waals surface area contributed by atoms with Crippen LogP contribution in [0.5, 0.6) is 5.75 Å². The fraction of sp³-hybridized carbons (Fsp3) is 0.167. The summed E-state index contributed by atoms with van der Waals surface area (Å²) in [6.07, 6.45) is 6.53. The molecule has 7 nitrogen and oxygen atoms in total. The molecule has 0 unspecified atom stereocenters. The predicted octanol–water partition coefficient (Wildman–Crippen LogP) is 5.44. The fourth-order valence-electron chi connectivity index (χ4n) is 3.75. The molecule has 0 bridgehead atoms. The number of pyridine rings is 1. The number of aryl methyl sites for hydroxylation is 2. The van der Waals surface area contributed by atoms with Gasteiger partial charge in [0.1, 0.15) is 11.3 Å². The van der Waals surface area contributed by atoms with E-state index in [1.54, 1.807) is 48.5 Å². The highest BCUT2D eigenvalue weighted by atomic mass is 35.5. The Balaban J connectivity index is 1.96. The van der Waals surface area contributed by atoms with Gasteiger partial charge in [-0.2, -0.15) is 5.10 Å². The number of halogens is 1. The lowest BCUT2D eigenvalue weighted by Crippen LogP contribution is -2.15. The second kappa shape index (κ2) is 9.17. The minimum absolute atomic E-state index is 0.111. The maximum Gasteiger partial charge on any atom is 0.357 e. The fourth-order valence-corrected chi connectivity index (χ4v) is 3.97. The number of aromatic nitrogens is 3. The Morgan fingerprint density at radius 3 is 2.45 bits per heavy atom. The standard InChI is InChI=1S/C24H20ClN3O4S/c1-13-8-18(28-12-17(25)11-27-28)9-14(2)19(13)20-22(32-24(33)30-4)15(3)21(31-23(20)29)16-6-5-7-26-10-16/h5-12H,1-4H3. The van der Waals surface area contributed by atoms with Crippen LogP contribution >= 0.6 is 23.8 Å². The van der Waals surface area contributed by atoms with Gasteiger partial charge in [-0.1, -0.05) is 11.6 Å². The predicted molar refractivity (Wildman–Crippen MR) is 130 cm³/mol. The van der Waals surface area contributed by atoms with Crippen molar-refractivity contribution in [3.8, 4) is 33.9 Å². The van der Waals surface area contributed by atoms with Gasteiger partial charge in [-0.25, -0.2) is 9.48 Å². The van der Waals surface area contributed by atoms with Crippen molar-refractivity contribution in [2.45, 2.75) is 20.8 Å². The molecule has 0 atom stereocenters. The smallest absolute Gasteiger partial charge is 0.357 e. The van der Waals surface area contributed by atoms with Crippen LogP contribution in [0.15, 0.2) is 58.3 Å². The Bertz CT molecular complexity index is 1390. The van der Waals surface area contributed by atoms with Crippen LogP contribution in [0.4, 0.5) is 0 Å². The number of ether oxygens (including phenoxy) is 2. The summed E-state index contributed by atoms with van der Waals surface area (Å²) >= 11 is 11.2. The van der Waals surface area contributed by atoms with E-state index in [0.29, 0.717) is 27.5 Å². The third-order valence-corrected chi connectivity index (χ3v) is 5.61. The van der Waals surface area contributed by atoms with Gasteiger partial charge in [0, 0.05) is 41.9 Å². The second-order valence-electron chi connectivity index (χ2n) is 7.40.